The molecule has 2 N–H and O–H groups in total. The average molecular weight is 455 g/mol. The largest absolute Gasteiger partial charge is 0.421 e. The Hall–Kier alpha value is -4.26. The molecular weight excluding hydrogens is 428 g/mol. The van der Waals surface area contributed by atoms with Crippen LogP contribution >= 0.6 is 0 Å². The molecule has 34 heavy (non-hydrogen) atoms. The van der Waals surface area contributed by atoms with E-state index in [2.05, 4.69) is 20.8 Å². The van der Waals surface area contributed by atoms with Crippen LogP contribution in [0.1, 0.15) is 46.8 Å². The Balaban J connectivity index is 1.30. The monoisotopic (exact) mass is 454 g/mol. The van der Waals surface area contributed by atoms with Crippen LogP contribution in [0.15, 0.2) is 83.3 Å². The van der Waals surface area contributed by atoms with Crippen molar-refractivity contribution >= 4 is 17.5 Å². The van der Waals surface area contributed by atoms with Crippen LogP contribution in [-0.4, -0.2) is 22.0 Å². The summed E-state index contributed by atoms with van der Waals surface area (Å²) in [6, 6.07) is 24.1. The fourth-order valence-electron chi connectivity index (χ4n) is 3.46. The predicted octanol–water partition coefficient (Wildman–Crippen LogP) is 5.11. The Kier molecular flexibility index (Phi) is 7.13. The maximum Gasteiger partial charge on any atom is 0.255 e. The molecule has 1 unspecified atom stereocenters. The summed E-state index contributed by atoms with van der Waals surface area (Å²) < 4.78 is 5.70. The predicted molar refractivity (Wildman–Crippen MR) is 130 cm³/mol. The lowest BCUT2D eigenvalue weighted by atomic mass is 10.1. The number of nitrogens with zero attached hydrogens (tertiary/aromatic N) is 2. The zero-order chi connectivity index (χ0) is 23.9. The van der Waals surface area contributed by atoms with E-state index in [1.54, 1.807) is 12.1 Å². The first-order valence-corrected chi connectivity index (χ1v) is 11.1. The molecule has 0 aliphatic heterocycles. The van der Waals surface area contributed by atoms with Gasteiger partial charge in [0.1, 0.15) is 0 Å². The van der Waals surface area contributed by atoms with Crippen molar-refractivity contribution in [3.05, 3.63) is 101 Å². The number of rotatable bonds is 8. The molecule has 0 saturated carbocycles. The molecule has 4 aromatic rings. The molecule has 0 spiro atoms. The van der Waals surface area contributed by atoms with E-state index in [-0.39, 0.29) is 24.3 Å². The SMILES string of the molecule is Cc1ccc(-c2nnc(CCC(=O)NC(C)c3cccc(NC(=O)c4ccccc4)c3)o2)cc1. The smallest absolute Gasteiger partial charge is 0.255 e. The first kappa shape index (κ1) is 22.9. The average Bonchev–Trinajstić information content (AvgIpc) is 3.33. The molecule has 1 heterocycles. The van der Waals surface area contributed by atoms with E-state index in [0.717, 1.165) is 16.7 Å². The third kappa shape index (κ3) is 5.95. The van der Waals surface area contributed by atoms with Gasteiger partial charge in [0.25, 0.3) is 5.91 Å². The second kappa shape index (κ2) is 10.6. The second-order valence-corrected chi connectivity index (χ2v) is 8.10. The lowest BCUT2D eigenvalue weighted by Gasteiger charge is -2.15. The standard InChI is InChI=1S/C27H26N4O3/c1-18-11-13-21(14-12-18)27-31-30-25(34-27)16-15-24(32)28-19(2)22-9-6-10-23(17-22)29-26(33)20-7-4-3-5-8-20/h3-14,17,19H,15-16H2,1-2H3,(H,28,32)(H,29,33). The Morgan fingerprint density at radius 1 is 0.941 bits per heavy atom. The molecule has 0 radical (unpaired) electrons. The van der Waals surface area contributed by atoms with Gasteiger partial charge in [-0.15, -0.1) is 10.2 Å². The van der Waals surface area contributed by atoms with Crippen LogP contribution in [0.2, 0.25) is 0 Å². The lowest BCUT2D eigenvalue weighted by molar-refractivity contribution is -0.121. The number of nitrogens with one attached hydrogen (secondary N) is 2. The highest BCUT2D eigenvalue weighted by Gasteiger charge is 2.14. The summed E-state index contributed by atoms with van der Waals surface area (Å²) in [4.78, 5) is 24.9. The van der Waals surface area contributed by atoms with Crippen molar-refractivity contribution in [1.82, 2.24) is 15.5 Å². The molecule has 0 fully saturated rings. The van der Waals surface area contributed by atoms with Crippen LogP contribution in [0.4, 0.5) is 5.69 Å². The van der Waals surface area contributed by atoms with E-state index in [0.29, 0.717) is 29.5 Å². The fourth-order valence-corrected chi connectivity index (χ4v) is 3.46. The zero-order valence-corrected chi connectivity index (χ0v) is 19.1. The number of aryl methyl sites for hydroxylation is 2. The number of amides is 2. The summed E-state index contributed by atoms with van der Waals surface area (Å²) in [5, 5.41) is 14.0. The van der Waals surface area contributed by atoms with E-state index in [1.165, 1.54) is 0 Å². The van der Waals surface area contributed by atoms with Gasteiger partial charge in [0.05, 0.1) is 6.04 Å². The van der Waals surface area contributed by atoms with Crippen LogP contribution in [0.25, 0.3) is 11.5 Å². The topological polar surface area (TPSA) is 97.1 Å². The van der Waals surface area contributed by atoms with Gasteiger partial charge in [-0.25, -0.2) is 0 Å². The minimum atomic E-state index is -0.230. The summed E-state index contributed by atoms with van der Waals surface area (Å²) in [6.45, 7) is 3.91. The number of benzene rings is 3. The lowest BCUT2D eigenvalue weighted by Crippen LogP contribution is -2.27. The van der Waals surface area contributed by atoms with E-state index >= 15 is 0 Å². The van der Waals surface area contributed by atoms with Crippen molar-refractivity contribution in [2.24, 2.45) is 0 Å². The van der Waals surface area contributed by atoms with Gasteiger partial charge in [0.2, 0.25) is 17.7 Å². The number of carbonyl (C=O) groups is 2. The molecule has 0 aliphatic rings. The molecule has 4 rings (SSSR count). The third-order valence-corrected chi connectivity index (χ3v) is 5.39. The van der Waals surface area contributed by atoms with Gasteiger partial charge in [-0.05, 0) is 55.8 Å². The normalized spacial score (nSPS) is 11.6. The molecule has 172 valence electrons. The van der Waals surface area contributed by atoms with Gasteiger partial charge < -0.3 is 15.1 Å². The third-order valence-electron chi connectivity index (χ3n) is 5.39. The van der Waals surface area contributed by atoms with Crippen LogP contribution in [0.5, 0.6) is 0 Å². The first-order valence-electron chi connectivity index (χ1n) is 11.1. The summed E-state index contributed by atoms with van der Waals surface area (Å²) >= 11 is 0. The molecule has 7 heteroatoms. The van der Waals surface area contributed by atoms with Crippen molar-refractivity contribution in [2.45, 2.75) is 32.7 Å². The highest BCUT2D eigenvalue weighted by molar-refractivity contribution is 6.04. The summed E-state index contributed by atoms with van der Waals surface area (Å²) in [5.41, 5.74) is 4.14. The van der Waals surface area contributed by atoms with E-state index in [4.69, 9.17) is 4.42 Å². The number of aromatic nitrogens is 2. The zero-order valence-electron chi connectivity index (χ0n) is 19.1. The van der Waals surface area contributed by atoms with Crippen LogP contribution in [0.3, 0.4) is 0 Å². The molecule has 3 aromatic carbocycles. The minimum absolute atomic E-state index is 0.124. The van der Waals surface area contributed by atoms with E-state index in [1.807, 2.05) is 80.6 Å². The Labute approximate surface area is 198 Å². The molecule has 0 bridgehead atoms. The van der Waals surface area contributed by atoms with E-state index in [9.17, 15) is 9.59 Å². The van der Waals surface area contributed by atoms with Gasteiger partial charge >= 0.3 is 0 Å². The van der Waals surface area contributed by atoms with Crippen LogP contribution < -0.4 is 10.6 Å². The highest BCUT2D eigenvalue weighted by atomic mass is 16.4. The minimum Gasteiger partial charge on any atom is -0.421 e. The maximum absolute atomic E-state index is 12.5. The summed E-state index contributed by atoms with van der Waals surface area (Å²) in [7, 11) is 0. The number of anilines is 1. The number of hydrogen-bond acceptors (Lipinski definition) is 5. The van der Waals surface area contributed by atoms with Crippen molar-refractivity contribution in [1.29, 1.82) is 0 Å². The van der Waals surface area contributed by atoms with E-state index < -0.39 is 0 Å². The molecule has 1 atom stereocenters. The van der Waals surface area contributed by atoms with Gasteiger partial charge in [0, 0.05) is 29.7 Å². The quantitative estimate of drug-likeness (QED) is 0.386. The summed E-state index contributed by atoms with van der Waals surface area (Å²) in [5.74, 6) is 0.558. The molecule has 1 aromatic heterocycles. The number of carbonyl (C=O) groups excluding carboxylic acids is 2. The maximum atomic E-state index is 12.5. The molecule has 2 amide bonds. The Morgan fingerprint density at radius 3 is 2.47 bits per heavy atom. The van der Waals surface area contributed by atoms with Gasteiger partial charge in [-0.1, -0.05) is 48.0 Å². The number of hydrogen-bond donors (Lipinski definition) is 2. The fraction of sp³-hybridized carbons (Fsp3) is 0.185. The molecular formula is C27H26N4O3. The van der Waals surface area contributed by atoms with Crippen LogP contribution in [-0.2, 0) is 11.2 Å². The molecule has 0 saturated heterocycles. The Morgan fingerprint density at radius 2 is 1.71 bits per heavy atom. The Bertz CT molecular complexity index is 1270. The summed E-state index contributed by atoms with van der Waals surface area (Å²) in [6.07, 6.45) is 0.578. The molecule has 0 aliphatic carbocycles. The van der Waals surface area contributed by atoms with Crippen molar-refractivity contribution in [3.8, 4) is 11.5 Å². The van der Waals surface area contributed by atoms with Crippen molar-refractivity contribution in [3.63, 3.8) is 0 Å². The van der Waals surface area contributed by atoms with Gasteiger partial charge in [-0.3, -0.25) is 9.59 Å². The highest BCUT2D eigenvalue weighted by Crippen LogP contribution is 2.20. The van der Waals surface area contributed by atoms with Crippen molar-refractivity contribution in [2.75, 3.05) is 5.32 Å². The van der Waals surface area contributed by atoms with Crippen LogP contribution in [0, 0.1) is 6.92 Å². The van der Waals surface area contributed by atoms with Gasteiger partial charge in [0.15, 0.2) is 0 Å². The first-order chi connectivity index (χ1) is 16.5. The second-order valence-electron chi connectivity index (χ2n) is 8.10. The van der Waals surface area contributed by atoms with Crippen molar-refractivity contribution < 1.29 is 14.0 Å². The van der Waals surface area contributed by atoms with Gasteiger partial charge in [-0.2, -0.15) is 0 Å². The molecule has 7 nitrogen and oxygen atoms in total.